The summed E-state index contributed by atoms with van der Waals surface area (Å²) in [6, 6.07) is 1.70. The Hall–Kier alpha value is -3.88. The van der Waals surface area contributed by atoms with E-state index in [1.807, 2.05) is 4.90 Å². The summed E-state index contributed by atoms with van der Waals surface area (Å²) < 4.78 is 48.9. The van der Waals surface area contributed by atoms with E-state index in [-0.39, 0.29) is 37.0 Å². The van der Waals surface area contributed by atoms with E-state index < -0.39 is 29.3 Å². The molecule has 12 nitrogen and oxygen atoms in total. The summed E-state index contributed by atoms with van der Waals surface area (Å²) in [5.41, 5.74) is 0.364. The minimum Gasteiger partial charge on any atom is -0.461 e. The van der Waals surface area contributed by atoms with Crippen LogP contribution in [-0.2, 0) is 15.9 Å². The van der Waals surface area contributed by atoms with Crippen molar-refractivity contribution in [3.63, 3.8) is 0 Å². The number of rotatable bonds is 3. The first-order chi connectivity index (χ1) is 22.2. The molecule has 3 fully saturated rings. The second-order valence-corrected chi connectivity index (χ2v) is 13.4. The van der Waals surface area contributed by atoms with Crippen LogP contribution in [0.2, 0.25) is 5.02 Å². The molecule has 8 heterocycles. The number of carbonyl (C=O) groups excluding carboxylic acids is 1. The zero-order valence-corrected chi connectivity index (χ0v) is 26.0. The highest BCUT2D eigenvalue weighted by atomic mass is 35.5. The second-order valence-electron chi connectivity index (χ2n) is 13.0. The fraction of sp³-hybridized carbons (Fsp3) is 0.516. The molecule has 0 saturated carbocycles. The van der Waals surface area contributed by atoms with Gasteiger partial charge < -0.3 is 19.1 Å². The molecule has 0 amide bonds. The number of nitrogens with one attached hydrogen (secondary N) is 2. The van der Waals surface area contributed by atoms with Crippen LogP contribution in [0.1, 0.15) is 38.2 Å². The Morgan fingerprint density at radius 2 is 2.13 bits per heavy atom. The highest BCUT2D eigenvalue weighted by Crippen LogP contribution is 2.42. The van der Waals surface area contributed by atoms with Crippen molar-refractivity contribution in [2.24, 2.45) is 0 Å². The van der Waals surface area contributed by atoms with Crippen molar-refractivity contribution in [1.29, 1.82) is 0 Å². The van der Waals surface area contributed by atoms with Crippen LogP contribution in [0.4, 0.5) is 19.4 Å². The molecule has 2 N–H and O–H groups in total. The number of pyridine rings is 1. The van der Waals surface area contributed by atoms with Crippen molar-refractivity contribution in [2.45, 2.75) is 56.3 Å². The molecule has 1 unspecified atom stereocenters. The van der Waals surface area contributed by atoms with Gasteiger partial charge in [0, 0.05) is 41.7 Å². The van der Waals surface area contributed by atoms with Gasteiger partial charge in [-0.3, -0.25) is 20.3 Å². The average molecular weight is 655 g/mol. The SMILES string of the molecule is CC12CNCN(C1)c1nc(OC[C@@]34CCCN3C[C@H](F)C4)nc3c(F)c(ncc13)-c1c(c(Cl)cc3[nH]ncc13)CCCOC(=O)O2. The van der Waals surface area contributed by atoms with Crippen LogP contribution in [-0.4, -0.2) is 99.6 Å². The lowest BCUT2D eigenvalue weighted by Crippen LogP contribution is -2.59. The van der Waals surface area contributed by atoms with E-state index in [0.717, 1.165) is 19.4 Å². The van der Waals surface area contributed by atoms with Crippen molar-refractivity contribution < 1.29 is 27.8 Å². The van der Waals surface area contributed by atoms with Crippen molar-refractivity contribution in [2.75, 3.05) is 51.0 Å². The summed E-state index contributed by atoms with van der Waals surface area (Å²) in [7, 11) is 0. The van der Waals surface area contributed by atoms with Gasteiger partial charge in [0.1, 0.15) is 35.4 Å². The predicted octanol–water partition coefficient (Wildman–Crippen LogP) is 4.54. The molecular weight excluding hydrogens is 622 g/mol. The summed E-state index contributed by atoms with van der Waals surface area (Å²) in [6.07, 6.45) is 4.35. The summed E-state index contributed by atoms with van der Waals surface area (Å²) in [5, 5.41) is 11.7. The normalized spacial score (nSPS) is 26.8. The highest BCUT2D eigenvalue weighted by Gasteiger charge is 2.49. The average Bonchev–Trinajstić information content (AvgIpc) is 3.72. The van der Waals surface area contributed by atoms with E-state index in [4.69, 9.17) is 30.8 Å². The third-order valence-electron chi connectivity index (χ3n) is 9.66. The standard InChI is InChI=1S/C31H33ClF2N8O4/c1-30-13-35-16-41(14-30)27-20-10-36-26(23-18(4-2-7-44-29(43)46-30)21(32)8-22-19(23)11-37-40-22)24(34)25(20)38-28(39-27)45-15-31-5-3-6-42(31)12-17(33)9-31/h8,10-11,17,35H,2-7,9,12-16H2,1H3,(H,37,40)/t17-,30?,31+/m1/s1. The summed E-state index contributed by atoms with van der Waals surface area (Å²) in [5.74, 6) is -0.305. The smallest absolute Gasteiger partial charge is 0.461 e. The van der Waals surface area contributed by atoms with Crippen LogP contribution in [0.25, 0.3) is 33.1 Å². The molecule has 4 aromatic rings. The molecule has 3 saturated heterocycles. The number of H-pyrrole nitrogens is 1. The number of hydrogen-bond donors (Lipinski definition) is 2. The Kier molecular flexibility index (Phi) is 7.14. The monoisotopic (exact) mass is 654 g/mol. The Bertz CT molecular complexity index is 1860. The molecule has 3 aromatic heterocycles. The van der Waals surface area contributed by atoms with Gasteiger partial charge in [-0.1, -0.05) is 11.6 Å². The van der Waals surface area contributed by atoms with Crippen LogP contribution >= 0.6 is 11.6 Å². The van der Waals surface area contributed by atoms with Crippen molar-refractivity contribution >= 4 is 45.4 Å². The third-order valence-corrected chi connectivity index (χ3v) is 9.99. The minimum absolute atomic E-state index is 0.0165. The Morgan fingerprint density at radius 3 is 3.02 bits per heavy atom. The topological polar surface area (TPSA) is 131 Å². The maximum Gasteiger partial charge on any atom is 0.508 e. The number of benzene rings is 1. The van der Waals surface area contributed by atoms with Crippen LogP contribution < -0.4 is 15.0 Å². The largest absolute Gasteiger partial charge is 0.508 e. The van der Waals surface area contributed by atoms with Gasteiger partial charge in [0.05, 0.1) is 42.5 Å². The third kappa shape index (κ3) is 4.97. The Balaban J connectivity index is 1.30. The zero-order valence-electron chi connectivity index (χ0n) is 25.2. The van der Waals surface area contributed by atoms with Crippen molar-refractivity contribution in [1.82, 2.24) is 35.4 Å². The molecule has 0 radical (unpaired) electrons. The van der Waals surface area contributed by atoms with E-state index in [1.165, 1.54) is 0 Å². The first kappa shape index (κ1) is 29.5. The molecule has 0 spiro atoms. The van der Waals surface area contributed by atoms with Gasteiger partial charge in [-0.05, 0) is 50.8 Å². The van der Waals surface area contributed by atoms with Crippen molar-refractivity contribution in [3.05, 3.63) is 34.9 Å². The molecule has 1 aromatic carbocycles. The molecule has 5 aliphatic rings. The van der Waals surface area contributed by atoms with E-state index in [9.17, 15) is 9.18 Å². The summed E-state index contributed by atoms with van der Waals surface area (Å²) in [6.45, 7) is 4.17. The van der Waals surface area contributed by atoms with Gasteiger partial charge in [-0.2, -0.15) is 15.1 Å². The molecule has 242 valence electrons. The first-order valence-corrected chi connectivity index (χ1v) is 15.9. The van der Waals surface area contributed by atoms with E-state index in [2.05, 4.69) is 30.4 Å². The van der Waals surface area contributed by atoms with Crippen LogP contribution in [0.3, 0.4) is 0 Å². The van der Waals surface area contributed by atoms with E-state index >= 15 is 4.39 Å². The molecule has 0 aliphatic carbocycles. The molecule has 5 aliphatic heterocycles. The zero-order chi connectivity index (χ0) is 31.6. The van der Waals surface area contributed by atoms with Gasteiger partial charge >= 0.3 is 12.2 Å². The lowest BCUT2D eigenvalue weighted by atomic mass is 9.95. The van der Waals surface area contributed by atoms with Crippen LogP contribution in [0, 0.1) is 5.82 Å². The van der Waals surface area contributed by atoms with Crippen molar-refractivity contribution in [3.8, 4) is 17.3 Å². The van der Waals surface area contributed by atoms with Gasteiger partial charge in [0.15, 0.2) is 5.82 Å². The van der Waals surface area contributed by atoms with Gasteiger partial charge in [-0.25, -0.2) is 13.6 Å². The number of alkyl halides is 1. The molecular formula is C31H33ClF2N8O4. The molecule has 46 heavy (non-hydrogen) atoms. The van der Waals surface area contributed by atoms with Crippen LogP contribution in [0.5, 0.6) is 6.01 Å². The number of halogens is 3. The van der Waals surface area contributed by atoms with Gasteiger partial charge in [0.25, 0.3) is 0 Å². The maximum absolute atomic E-state index is 17.0. The molecule has 9 rings (SSSR count). The number of anilines is 1. The minimum atomic E-state index is -0.983. The first-order valence-electron chi connectivity index (χ1n) is 15.6. The Labute approximate surface area is 267 Å². The predicted molar refractivity (Wildman–Crippen MR) is 165 cm³/mol. The lowest BCUT2D eigenvalue weighted by molar-refractivity contribution is -0.0272. The van der Waals surface area contributed by atoms with Gasteiger partial charge in [-0.15, -0.1) is 0 Å². The number of ether oxygens (including phenoxy) is 3. The van der Waals surface area contributed by atoms with Crippen LogP contribution in [0.15, 0.2) is 18.5 Å². The number of aromatic amines is 1. The van der Waals surface area contributed by atoms with E-state index in [1.54, 1.807) is 25.4 Å². The number of fused-ring (bicyclic) bond motifs is 8. The fourth-order valence-electron chi connectivity index (χ4n) is 7.59. The summed E-state index contributed by atoms with van der Waals surface area (Å²) >= 11 is 6.76. The van der Waals surface area contributed by atoms with Gasteiger partial charge in [0.2, 0.25) is 0 Å². The number of aromatic nitrogens is 5. The fourth-order valence-corrected chi connectivity index (χ4v) is 7.89. The maximum atomic E-state index is 17.0. The molecule has 15 heteroatoms. The van der Waals surface area contributed by atoms with E-state index in [0.29, 0.717) is 77.3 Å². The summed E-state index contributed by atoms with van der Waals surface area (Å²) in [4.78, 5) is 30.7. The molecule has 6 bridgehead atoms. The Morgan fingerprint density at radius 1 is 1.24 bits per heavy atom. The number of nitrogens with zero attached hydrogens (tertiary/aromatic N) is 6. The number of carbonyl (C=O) groups is 1. The highest BCUT2D eigenvalue weighted by molar-refractivity contribution is 6.33. The number of hydrogen-bond acceptors (Lipinski definition) is 11. The lowest BCUT2D eigenvalue weighted by Gasteiger charge is -2.40. The quantitative estimate of drug-likeness (QED) is 0.302. The molecule has 3 atom stereocenters. The second kappa shape index (κ2) is 11.1.